The van der Waals surface area contributed by atoms with Crippen molar-refractivity contribution >= 4 is 33.2 Å². The topological polar surface area (TPSA) is 37.4 Å². The van der Waals surface area contributed by atoms with Crippen molar-refractivity contribution in [2.45, 2.75) is 43.9 Å². The zero-order chi connectivity index (χ0) is 15.7. The van der Waals surface area contributed by atoms with Gasteiger partial charge in [-0.15, -0.1) is 11.6 Å². The summed E-state index contributed by atoms with van der Waals surface area (Å²) in [5.41, 5.74) is 0.944. The number of rotatable bonds is 3. The van der Waals surface area contributed by atoms with Crippen LogP contribution in [0.5, 0.6) is 0 Å². The Hall–Kier alpha value is -0.290. The third kappa shape index (κ3) is 3.92. The van der Waals surface area contributed by atoms with Gasteiger partial charge in [-0.1, -0.05) is 31.5 Å². The van der Waals surface area contributed by atoms with E-state index in [0.29, 0.717) is 18.1 Å². The first-order chi connectivity index (χ1) is 9.76. The minimum absolute atomic E-state index is 0.199. The summed E-state index contributed by atoms with van der Waals surface area (Å²) in [5, 5.41) is 0.404. The molecule has 1 fully saturated rings. The lowest BCUT2D eigenvalue weighted by molar-refractivity contribution is 0.315. The van der Waals surface area contributed by atoms with Crippen molar-refractivity contribution < 1.29 is 8.42 Å². The maximum absolute atomic E-state index is 12.7. The minimum Gasteiger partial charge on any atom is -0.207 e. The van der Waals surface area contributed by atoms with Crippen LogP contribution in [0.3, 0.4) is 0 Å². The van der Waals surface area contributed by atoms with Crippen molar-refractivity contribution in [3.05, 3.63) is 28.8 Å². The van der Waals surface area contributed by atoms with E-state index in [0.717, 1.165) is 24.8 Å². The smallest absolute Gasteiger partial charge is 0.207 e. The van der Waals surface area contributed by atoms with Crippen molar-refractivity contribution in [2.24, 2.45) is 5.41 Å². The van der Waals surface area contributed by atoms with Gasteiger partial charge in [0.2, 0.25) is 10.0 Å². The zero-order valence-electron chi connectivity index (χ0n) is 12.4. The highest BCUT2D eigenvalue weighted by atomic mass is 35.5. The third-order valence-electron chi connectivity index (χ3n) is 4.11. The van der Waals surface area contributed by atoms with Crippen LogP contribution in [0.1, 0.15) is 38.7 Å². The van der Waals surface area contributed by atoms with Gasteiger partial charge in [0.15, 0.2) is 0 Å². The normalized spacial score (nSPS) is 20.2. The number of hydrogen-bond donors (Lipinski definition) is 0. The highest BCUT2D eigenvalue weighted by molar-refractivity contribution is 7.89. The first-order valence-corrected chi connectivity index (χ1v) is 9.46. The first-order valence-electron chi connectivity index (χ1n) is 7.11. The number of benzene rings is 1. The number of alkyl halides is 1. The number of halogens is 2. The molecule has 2 rings (SSSR count). The third-order valence-corrected chi connectivity index (χ3v) is 6.64. The van der Waals surface area contributed by atoms with Crippen LogP contribution in [-0.2, 0) is 15.9 Å². The van der Waals surface area contributed by atoms with Crippen LogP contribution in [0.25, 0.3) is 0 Å². The monoisotopic (exact) mass is 349 g/mol. The van der Waals surface area contributed by atoms with E-state index in [1.165, 1.54) is 6.07 Å². The number of hydrogen-bond acceptors (Lipinski definition) is 2. The Labute approximate surface area is 137 Å². The Morgan fingerprint density at radius 1 is 1.24 bits per heavy atom. The predicted octanol–water partition coefficient (Wildman–Crippen LogP) is 4.28. The Kier molecular flexibility index (Phi) is 5.24. The van der Waals surface area contributed by atoms with Gasteiger partial charge in [-0.05, 0) is 42.4 Å². The average molecular weight is 350 g/mol. The van der Waals surface area contributed by atoms with Gasteiger partial charge in [0, 0.05) is 24.0 Å². The van der Waals surface area contributed by atoms with Crippen molar-refractivity contribution in [1.82, 2.24) is 4.31 Å². The van der Waals surface area contributed by atoms with Gasteiger partial charge in [-0.25, -0.2) is 8.42 Å². The fourth-order valence-corrected chi connectivity index (χ4v) is 4.70. The minimum atomic E-state index is -3.48. The molecular formula is C15H21Cl2NO2S. The molecule has 0 unspecified atom stereocenters. The Bertz CT molecular complexity index is 614. The van der Waals surface area contributed by atoms with E-state index in [9.17, 15) is 8.42 Å². The van der Waals surface area contributed by atoms with E-state index >= 15 is 0 Å². The molecule has 1 aliphatic heterocycles. The second-order valence-electron chi connectivity index (χ2n) is 6.31. The van der Waals surface area contributed by atoms with Gasteiger partial charge < -0.3 is 0 Å². The quantitative estimate of drug-likeness (QED) is 0.763. The summed E-state index contributed by atoms with van der Waals surface area (Å²) in [6.45, 7) is 5.51. The molecule has 0 N–H and O–H groups in total. The molecule has 1 aromatic carbocycles. The highest BCUT2D eigenvalue weighted by Gasteiger charge is 2.30. The number of sulfonamides is 1. The fourth-order valence-electron chi connectivity index (χ4n) is 2.58. The van der Waals surface area contributed by atoms with Crippen molar-refractivity contribution in [3.63, 3.8) is 0 Å². The second-order valence-corrected chi connectivity index (χ2v) is 8.92. The van der Waals surface area contributed by atoms with Gasteiger partial charge in [-0.3, -0.25) is 0 Å². The van der Waals surface area contributed by atoms with E-state index in [4.69, 9.17) is 23.2 Å². The van der Waals surface area contributed by atoms with Crippen molar-refractivity contribution in [2.75, 3.05) is 13.1 Å². The Morgan fingerprint density at radius 2 is 1.95 bits per heavy atom. The molecule has 1 aromatic rings. The van der Waals surface area contributed by atoms with E-state index in [1.54, 1.807) is 16.4 Å². The molecule has 0 saturated carbocycles. The SMILES string of the molecule is CC1(C)CCCN(S(=O)(=O)c2ccc(CCl)c(Cl)c2)CC1. The molecule has 0 amide bonds. The van der Waals surface area contributed by atoms with Crippen molar-refractivity contribution in [1.29, 1.82) is 0 Å². The summed E-state index contributed by atoms with van der Waals surface area (Å²) in [6, 6.07) is 4.78. The zero-order valence-corrected chi connectivity index (χ0v) is 14.7. The summed E-state index contributed by atoms with van der Waals surface area (Å²) < 4.78 is 27.1. The van der Waals surface area contributed by atoms with Gasteiger partial charge in [0.25, 0.3) is 0 Å². The maximum Gasteiger partial charge on any atom is 0.243 e. The molecule has 0 radical (unpaired) electrons. The molecule has 0 atom stereocenters. The molecule has 118 valence electrons. The Balaban J connectivity index is 2.27. The summed E-state index contributed by atoms with van der Waals surface area (Å²) in [4.78, 5) is 0.251. The van der Waals surface area contributed by atoms with E-state index in [-0.39, 0.29) is 16.2 Å². The van der Waals surface area contributed by atoms with Crippen LogP contribution in [0.4, 0.5) is 0 Å². The first kappa shape index (κ1) is 17.1. The predicted molar refractivity (Wildman–Crippen MR) is 87.4 cm³/mol. The molecule has 1 aliphatic rings. The molecule has 0 bridgehead atoms. The average Bonchev–Trinajstić information content (AvgIpc) is 2.60. The maximum atomic E-state index is 12.7. The van der Waals surface area contributed by atoms with Crippen LogP contribution in [0.15, 0.2) is 23.1 Å². The molecule has 21 heavy (non-hydrogen) atoms. The van der Waals surface area contributed by atoms with Gasteiger partial charge in [0.1, 0.15) is 0 Å². The molecule has 0 aliphatic carbocycles. The van der Waals surface area contributed by atoms with Gasteiger partial charge >= 0.3 is 0 Å². The van der Waals surface area contributed by atoms with Crippen molar-refractivity contribution in [3.8, 4) is 0 Å². The fraction of sp³-hybridized carbons (Fsp3) is 0.600. The standard InChI is InChI=1S/C15H21Cl2NO2S/c1-15(2)6-3-8-18(9-7-15)21(19,20)13-5-4-12(11-16)14(17)10-13/h4-5,10H,3,6-9,11H2,1-2H3. The summed E-state index contributed by atoms with van der Waals surface area (Å²) >= 11 is 11.8. The van der Waals surface area contributed by atoms with E-state index in [2.05, 4.69) is 13.8 Å². The molecule has 1 heterocycles. The lowest BCUT2D eigenvalue weighted by atomic mass is 9.85. The number of nitrogens with zero attached hydrogens (tertiary/aromatic N) is 1. The van der Waals surface area contributed by atoms with Gasteiger partial charge in [-0.2, -0.15) is 4.31 Å². The van der Waals surface area contributed by atoms with E-state index in [1.807, 2.05) is 0 Å². The summed E-state index contributed by atoms with van der Waals surface area (Å²) in [7, 11) is -3.48. The van der Waals surface area contributed by atoms with Crippen LogP contribution in [0.2, 0.25) is 5.02 Å². The van der Waals surface area contributed by atoms with Crippen LogP contribution < -0.4 is 0 Å². The lowest BCUT2D eigenvalue weighted by Crippen LogP contribution is -2.32. The molecule has 3 nitrogen and oxygen atoms in total. The van der Waals surface area contributed by atoms with Crippen LogP contribution in [0, 0.1) is 5.41 Å². The second kappa shape index (κ2) is 6.45. The lowest BCUT2D eigenvalue weighted by Gasteiger charge is -2.23. The highest BCUT2D eigenvalue weighted by Crippen LogP contribution is 2.32. The van der Waals surface area contributed by atoms with Gasteiger partial charge in [0.05, 0.1) is 4.90 Å². The molecule has 6 heteroatoms. The molecule has 0 spiro atoms. The van der Waals surface area contributed by atoms with Crippen LogP contribution in [-0.4, -0.2) is 25.8 Å². The molecular weight excluding hydrogens is 329 g/mol. The Morgan fingerprint density at radius 3 is 2.57 bits per heavy atom. The molecule has 0 aromatic heterocycles. The van der Waals surface area contributed by atoms with E-state index < -0.39 is 10.0 Å². The van der Waals surface area contributed by atoms with Crippen LogP contribution >= 0.6 is 23.2 Å². The summed E-state index contributed by atoms with van der Waals surface area (Å²) in [6.07, 6.45) is 2.81. The summed E-state index contributed by atoms with van der Waals surface area (Å²) in [5.74, 6) is 0.275. The molecule has 1 saturated heterocycles. The largest absolute Gasteiger partial charge is 0.243 e.